The molecule has 1 aliphatic rings. The molecule has 0 saturated heterocycles. The van der Waals surface area contributed by atoms with Crippen molar-refractivity contribution >= 4 is 11.7 Å². The second-order valence-electron chi connectivity index (χ2n) is 6.82. The van der Waals surface area contributed by atoms with Crippen LogP contribution in [0, 0.1) is 6.92 Å². The molecule has 0 fully saturated rings. The third-order valence-corrected chi connectivity index (χ3v) is 5.00. The van der Waals surface area contributed by atoms with Gasteiger partial charge in [-0.25, -0.2) is 14.6 Å². The van der Waals surface area contributed by atoms with E-state index in [1.165, 1.54) is 0 Å². The van der Waals surface area contributed by atoms with Crippen molar-refractivity contribution in [1.29, 1.82) is 0 Å². The number of carbonyl (C=O) groups is 1. The fourth-order valence-corrected chi connectivity index (χ4v) is 3.50. The normalized spacial score (nSPS) is 16.4. The van der Waals surface area contributed by atoms with Crippen LogP contribution in [-0.4, -0.2) is 51.7 Å². The Morgan fingerprint density at radius 2 is 1.89 bits per heavy atom. The maximum Gasteiger partial charge on any atom is 0.292 e. The maximum atomic E-state index is 13.2. The van der Waals surface area contributed by atoms with Crippen molar-refractivity contribution in [3.05, 3.63) is 59.9 Å². The van der Waals surface area contributed by atoms with Gasteiger partial charge in [0, 0.05) is 24.0 Å². The summed E-state index contributed by atoms with van der Waals surface area (Å²) in [4.78, 5) is 23.9. The van der Waals surface area contributed by atoms with E-state index in [0.29, 0.717) is 24.7 Å². The molecule has 140 valence electrons. The Bertz CT molecular complexity index is 1180. The average Bonchev–Trinajstić information content (AvgIpc) is 3.33. The Morgan fingerprint density at radius 1 is 1.07 bits per heavy atom. The van der Waals surface area contributed by atoms with E-state index in [-0.39, 0.29) is 17.8 Å². The number of hydrogen-bond acceptors (Lipinski definition) is 6. The van der Waals surface area contributed by atoms with Crippen molar-refractivity contribution in [3.8, 4) is 11.4 Å². The molecule has 5 rings (SSSR count). The van der Waals surface area contributed by atoms with Gasteiger partial charge in [-0.2, -0.15) is 5.10 Å². The second kappa shape index (κ2) is 6.22. The lowest BCUT2D eigenvalue weighted by molar-refractivity contribution is 0.0616. The zero-order chi connectivity index (χ0) is 19.3. The van der Waals surface area contributed by atoms with Crippen LogP contribution in [-0.2, 0) is 6.54 Å². The Hall–Kier alpha value is -3.62. The molecule has 0 saturated carbocycles. The summed E-state index contributed by atoms with van der Waals surface area (Å²) in [6, 6.07) is 11.4. The number of hydrogen-bond donors (Lipinski definition) is 0. The molecule has 1 aliphatic heterocycles. The van der Waals surface area contributed by atoms with E-state index in [0.717, 1.165) is 17.1 Å². The molecular formula is C19H18N8O. The molecule has 9 nitrogen and oxygen atoms in total. The predicted octanol–water partition coefficient (Wildman–Crippen LogP) is 1.91. The summed E-state index contributed by atoms with van der Waals surface area (Å²) < 4.78 is 3.50. The Morgan fingerprint density at radius 3 is 2.71 bits per heavy atom. The van der Waals surface area contributed by atoms with Crippen LogP contribution in [0.15, 0.2) is 42.6 Å². The van der Waals surface area contributed by atoms with Gasteiger partial charge >= 0.3 is 0 Å². The largest absolute Gasteiger partial charge is 0.324 e. The third-order valence-electron chi connectivity index (χ3n) is 5.00. The van der Waals surface area contributed by atoms with Gasteiger partial charge in [-0.15, -0.1) is 10.2 Å². The summed E-state index contributed by atoms with van der Waals surface area (Å²) in [5.41, 5.74) is 1.78. The highest BCUT2D eigenvalue weighted by molar-refractivity contribution is 5.91. The van der Waals surface area contributed by atoms with Crippen LogP contribution in [0.25, 0.3) is 17.2 Å². The van der Waals surface area contributed by atoms with Crippen molar-refractivity contribution in [1.82, 2.24) is 39.2 Å². The SMILES string of the molecule is Cc1ccn2c(C(=O)N3CCn4nc(-c5ccccc5)nc4[C@@H]3C)nnc2n1. The molecule has 0 radical (unpaired) electrons. The average molecular weight is 374 g/mol. The Kier molecular flexibility index (Phi) is 3.68. The second-order valence-corrected chi connectivity index (χ2v) is 6.82. The van der Waals surface area contributed by atoms with Crippen LogP contribution in [0.1, 0.15) is 35.1 Å². The van der Waals surface area contributed by atoms with Gasteiger partial charge in [0.25, 0.3) is 11.7 Å². The van der Waals surface area contributed by atoms with Crippen LogP contribution in [0.2, 0.25) is 0 Å². The van der Waals surface area contributed by atoms with Crippen LogP contribution in [0.3, 0.4) is 0 Å². The highest BCUT2D eigenvalue weighted by atomic mass is 16.2. The summed E-state index contributed by atoms with van der Waals surface area (Å²) in [6.45, 7) is 4.94. The topological polar surface area (TPSA) is 94.1 Å². The molecule has 1 atom stereocenters. The van der Waals surface area contributed by atoms with E-state index in [1.54, 1.807) is 15.5 Å². The number of rotatable bonds is 2. The summed E-state index contributed by atoms with van der Waals surface area (Å²) >= 11 is 0. The highest BCUT2D eigenvalue weighted by Crippen LogP contribution is 2.27. The Labute approximate surface area is 160 Å². The van der Waals surface area contributed by atoms with Gasteiger partial charge in [0.2, 0.25) is 5.82 Å². The lowest BCUT2D eigenvalue weighted by Gasteiger charge is -2.32. The standard InChI is InChI=1S/C19H18N8O/c1-12-8-9-26-17(22-23-19(26)20-12)18(28)25-10-11-27-16(13(25)2)21-15(24-27)14-6-4-3-5-7-14/h3-9,13H,10-11H2,1-2H3/t13-/m0/s1. The first kappa shape index (κ1) is 16.5. The van der Waals surface area contributed by atoms with E-state index in [4.69, 9.17) is 4.98 Å². The van der Waals surface area contributed by atoms with Gasteiger partial charge in [0.05, 0.1) is 12.6 Å². The third kappa shape index (κ3) is 2.55. The number of amides is 1. The smallest absolute Gasteiger partial charge is 0.292 e. The number of benzene rings is 1. The van der Waals surface area contributed by atoms with Gasteiger partial charge < -0.3 is 4.90 Å². The van der Waals surface area contributed by atoms with Crippen LogP contribution >= 0.6 is 0 Å². The number of fused-ring (bicyclic) bond motifs is 2. The molecule has 1 amide bonds. The molecule has 0 spiro atoms. The fourth-order valence-electron chi connectivity index (χ4n) is 3.50. The fraction of sp³-hybridized carbons (Fsp3) is 0.263. The first-order valence-electron chi connectivity index (χ1n) is 9.11. The molecule has 4 heterocycles. The molecule has 0 aliphatic carbocycles. The molecular weight excluding hydrogens is 356 g/mol. The highest BCUT2D eigenvalue weighted by Gasteiger charge is 2.33. The molecule has 28 heavy (non-hydrogen) atoms. The van der Waals surface area contributed by atoms with E-state index in [9.17, 15) is 4.79 Å². The van der Waals surface area contributed by atoms with E-state index in [1.807, 2.05) is 54.9 Å². The van der Waals surface area contributed by atoms with Gasteiger partial charge in [0.1, 0.15) is 5.82 Å². The minimum Gasteiger partial charge on any atom is -0.324 e. The molecule has 9 heteroatoms. The monoisotopic (exact) mass is 374 g/mol. The minimum absolute atomic E-state index is 0.193. The number of carbonyl (C=O) groups excluding carboxylic acids is 1. The molecule has 0 unspecified atom stereocenters. The van der Waals surface area contributed by atoms with E-state index in [2.05, 4.69) is 20.3 Å². The summed E-state index contributed by atoms with van der Waals surface area (Å²) in [5, 5.41) is 12.7. The quantitative estimate of drug-likeness (QED) is 0.532. The van der Waals surface area contributed by atoms with Gasteiger partial charge in [-0.05, 0) is 19.9 Å². The predicted molar refractivity (Wildman–Crippen MR) is 100 cm³/mol. The van der Waals surface area contributed by atoms with Crippen molar-refractivity contribution in [3.63, 3.8) is 0 Å². The number of aryl methyl sites for hydroxylation is 1. The zero-order valence-electron chi connectivity index (χ0n) is 15.5. The molecule has 0 bridgehead atoms. The first-order chi connectivity index (χ1) is 13.6. The van der Waals surface area contributed by atoms with Gasteiger partial charge in [-0.1, -0.05) is 30.3 Å². The van der Waals surface area contributed by atoms with E-state index >= 15 is 0 Å². The molecule has 0 N–H and O–H groups in total. The number of aromatic nitrogens is 7. The van der Waals surface area contributed by atoms with Crippen molar-refractivity contribution in [2.45, 2.75) is 26.4 Å². The van der Waals surface area contributed by atoms with Crippen LogP contribution in [0.5, 0.6) is 0 Å². The van der Waals surface area contributed by atoms with Crippen LogP contribution < -0.4 is 0 Å². The molecule has 3 aromatic heterocycles. The maximum absolute atomic E-state index is 13.2. The number of nitrogens with zero attached hydrogens (tertiary/aromatic N) is 8. The van der Waals surface area contributed by atoms with Crippen LogP contribution in [0.4, 0.5) is 0 Å². The lowest BCUT2D eigenvalue weighted by atomic mass is 10.2. The molecule has 4 aromatic rings. The van der Waals surface area contributed by atoms with Crippen molar-refractivity contribution in [2.24, 2.45) is 0 Å². The van der Waals surface area contributed by atoms with Gasteiger partial charge in [-0.3, -0.25) is 9.20 Å². The summed E-state index contributed by atoms with van der Waals surface area (Å²) in [5.74, 6) is 1.92. The minimum atomic E-state index is -0.225. The first-order valence-corrected chi connectivity index (χ1v) is 9.11. The van der Waals surface area contributed by atoms with E-state index < -0.39 is 0 Å². The van der Waals surface area contributed by atoms with Crippen molar-refractivity contribution < 1.29 is 4.79 Å². The molecule has 1 aromatic carbocycles. The lowest BCUT2D eigenvalue weighted by Crippen LogP contribution is -2.42. The Balaban J connectivity index is 1.48. The zero-order valence-corrected chi connectivity index (χ0v) is 15.5. The van der Waals surface area contributed by atoms with Gasteiger partial charge in [0.15, 0.2) is 5.82 Å². The summed E-state index contributed by atoms with van der Waals surface area (Å²) in [7, 11) is 0. The summed E-state index contributed by atoms with van der Waals surface area (Å²) in [6.07, 6.45) is 1.77. The van der Waals surface area contributed by atoms with Crippen molar-refractivity contribution in [2.75, 3.05) is 6.54 Å².